The number of hydrogen-bond donors (Lipinski definition) is 3. The maximum absolute atomic E-state index is 13.1. The number of halogens is 1. The highest BCUT2D eigenvalue weighted by atomic mass is 19.1. The molecule has 1 heterocycles. The second kappa shape index (κ2) is 12.0. The van der Waals surface area contributed by atoms with Crippen LogP contribution >= 0.6 is 0 Å². The topological polar surface area (TPSA) is 105 Å². The minimum Gasteiger partial charge on any atom is -0.464 e. The number of hydrogen-bond acceptors (Lipinski definition) is 5. The van der Waals surface area contributed by atoms with Crippen molar-refractivity contribution in [1.29, 1.82) is 0 Å². The van der Waals surface area contributed by atoms with Gasteiger partial charge in [-0.2, -0.15) is 0 Å². The van der Waals surface area contributed by atoms with E-state index in [0.717, 1.165) is 5.56 Å². The van der Waals surface area contributed by atoms with Crippen LogP contribution < -0.4 is 10.6 Å². The van der Waals surface area contributed by atoms with E-state index in [-0.39, 0.29) is 56.3 Å². The van der Waals surface area contributed by atoms with E-state index in [0.29, 0.717) is 19.3 Å². The molecule has 0 radical (unpaired) electrons. The number of benzene rings is 1. The minimum absolute atomic E-state index is 0.00890. The third-order valence-electron chi connectivity index (χ3n) is 4.62. The maximum Gasteiger partial charge on any atom is 0.309 e. The minimum atomic E-state index is -0.546. The summed E-state index contributed by atoms with van der Waals surface area (Å²) in [6.45, 7) is 0.178. The number of ether oxygens (including phenoxy) is 1. The third kappa shape index (κ3) is 8.03. The zero-order chi connectivity index (χ0) is 21.1. The van der Waals surface area contributed by atoms with E-state index in [9.17, 15) is 18.8 Å². The lowest BCUT2D eigenvalue weighted by Gasteiger charge is -2.18. The smallest absolute Gasteiger partial charge is 0.309 e. The maximum atomic E-state index is 13.1. The summed E-state index contributed by atoms with van der Waals surface area (Å²) in [7, 11) is 0. The molecule has 2 rings (SSSR count). The number of carbonyl (C=O) groups excluding carboxylic acids is 3. The summed E-state index contributed by atoms with van der Waals surface area (Å²) < 4.78 is 18.4. The first-order valence-electron chi connectivity index (χ1n) is 9.71. The van der Waals surface area contributed by atoms with Gasteiger partial charge in [0.2, 0.25) is 11.8 Å². The number of cyclic esters (lactones) is 1. The Morgan fingerprint density at radius 2 is 1.86 bits per heavy atom. The number of amides is 2. The second-order valence-corrected chi connectivity index (χ2v) is 6.90. The van der Waals surface area contributed by atoms with Crippen molar-refractivity contribution < 1.29 is 28.6 Å². The second-order valence-electron chi connectivity index (χ2n) is 6.90. The van der Waals surface area contributed by atoms with Gasteiger partial charge in [-0.05, 0) is 37.0 Å². The molecule has 2 amide bonds. The molecule has 7 nitrogen and oxygen atoms in total. The van der Waals surface area contributed by atoms with Gasteiger partial charge in [0.1, 0.15) is 12.4 Å². The molecule has 0 bridgehead atoms. The predicted molar refractivity (Wildman–Crippen MR) is 104 cm³/mol. The van der Waals surface area contributed by atoms with Crippen molar-refractivity contribution in [2.24, 2.45) is 11.8 Å². The van der Waals surface area contributed by atoms with E-state index in [1.54, 1.807) is 18.2 Å². The highest BCUT2D eigenvalue weighted by molar-refractivity contribution is 5.86. The van der Waals surface area contributed by atoms with E-state index < -0.39 is 11.8 Å². The van der Waals surface area contributed by atoms with E-state index in [1.807, 2.05) is 6.08 Å². The molecule has 0 aliphatic carbocycles. The van der Waals surface area contributed by atoms with Gasteiger partial charge in [0.15, 0.2) is 0 Å². The zero-order valence-electron chi connectivity index (χ0n) is 16.2. The summed E-state index contributed by atoms with van der Waals surface area (Å²) >= 11 is 0. The van der Waals surface area contributed by atoms with Crippen LogP contribution in [0.4, 0.5) is 4.39 Å². The average Bonchev–Trinajstić information content (AvgIpc) is 2.71. The lowest BCUT2D eigenvalue weighted by atomic mass is 9.94. The van der Waals surface area contributed by atoms with Crippen LogP contribution in [-0.4, -0.2) is 49.2 Å². The normalized spacial score (nSPS) is 21.9. The van der Waals surface area contributed by atoms with Gasteiger partial charge in [0.25, 0.3) is 0 Å². The number of nitrogens with one attached hydrogen (secondary N) is 2. The number of aliphatic hydroxyl groups excluding tert-OH is 1. The fourth-order valence-corrected chi connectivity index (χ4v) is 3.05. The van der Waals surface area contributed by atoms with Gasteiger partial charge in [0, 0.05) is 13.0 Å². The molecule has 0 fully saturated rings. The standard InChI is InChI=1S/C21H27FN2O5/c22-18-7-5-15(6-8-18)13-17-4-2-1-3-16(14-19(26)23-9-11-25)20(27)24-10-12-29-21(17)28/h1-2,5-8,16-17,25H,3-4,9-14H2,(H,23,26)(H,24,27)/b2-1-/t16-,17-/m1/s1. The van der Waals surface area contributed by atoms with Crippen molar-refractivity contribution in [3.63, 3.8) is 0 Å². The van der Waals surface area contributed by atoms with Crippen molar-refractivity contribution in [3.05, 3.63) is 47.8 Å². The van der Waals surface area contributed by atoms with Crippen molar-refractivity contribution in [1.82, 2.24) is 10.6 Å². The molecule has 3 N–H and O–H groups in total. The molecule has 8 heteroatoms. The first kappa shape index (κ1) is 22.5. The van der Waals surface area contributed by atoms with Crippen molar-refractivity contribution in [3.8, 4) is 0 Å². The summed E-state index contributed by atoms with van der Waals surface area (Å²) in [4.78, 5) is 36.6. The third-order valence-corrected chi connectivity index (χ3v) is 4.62. The molecule has 0 saturated carbocycles. The number of carbonyl (C=O) groups is 3. The van der Waals surface area contributed by atoms with Gasteiger partial charge in [0.05, 0.1) is 25.0 Å². The molecule has 0 saturated heterocycles. The average molecular weight is 406 g/mol. The Labute approximate surface area is 169 Å². The van der Waals surface area contributed by atoms with Gasteiger partial charge in [-0.1, -0.05) is 24.3 Å². The Kier molecular flexibility index (Phi) is 9.30. The molecular weight excluding hydrogens is 379 g/mol. The summed E-state index contributed by atoms with van der Waals surface area (Å²) in [6, 6.07) is 6.00. The molecule has 1 aromatic rings. The first-order chi connectivity index (χ1) is 14.0. The molecule has 2 atom stereocenters. The molecule has 29 heavy (non-hydrogen) atoms. The highest BCUT2D eigenvalue weighted by Crippen LogP contribution is 2.18. The Balaban J connectivity index is 2.02. The van der Waals surface area contributed by atoms with Gasteiger partial charge in [-0.15, -0.1) is 0 Å². The Hall–Kier alpha value is -2.74. The molecule has 1 aromatic carbocycles. The quantitative estimate of drug-likeness (QED) is 0.485. The van der Waals surface area contributed by atoms with Crippen LogP contribution in [-0.2, 0) is 25.5 Å². The van der Waals surface area contributed by atoms with E-state index in [2.05, 4.69) is 10.6 Å². The van der Waals surface area contributed by atoms with Gasteiger partial charge < -0.3 is 20.5 Å². The monoisotopic (exact) mass is 406 g/mol. The van der Waals surface area contributed by atoms with Gasteiger partial charge in [-0.25, -0.2) is 4.39 Å². The molecule has 0 aromatic heterocycles. The van der Waals surface area contributed by atoms with Crippen molar-refractivity contribution >= 4 is 17.8 Å². The number of esters is 1. The lowest BCUT2D eigenvalue weighted by molar-refractivity contribution is -0.148. The molecule has 158 valence electrons. The van der Waals surface area contributed by atoms with Crippen LogP contribution in [0.5, 0.6) is 0 Å². The van der Waals surface area contributed by atoms with E-state index in [1.165, 1.54) is 12.1 Å². The number of aliphatic hydroxyl groups is 1. The Morgan fingerprint density at radius 3 is 2.55 bits per heavy atom. The molecule has 1 aliphatic heterocycles. The fourth-order valence-electron chi connectivity index (χ4n) is 3.05. The summed E-state index contributed by atoms with van der Waals surface area (Å²) in [6.07, 6.45) is 4.80. The molecule has 0 spiro atoms. The highest BCUT2D eigenvalue weighted by Gasteiger charge is 2.23. The summed E-state index contributed by atoms with van der Waals surface area (Å²) in [5, 5.41) is 14.0. The molecular formula is C21H27FN2O5. The lowest BCUT2D eigenvalue weighted by Crippen LogP contribution is -2.37. The fraction of sp³-hybridized carbons (Fsp3) is 0.476. The van der Waals surface area contributed by atoms with Crippen LogP contribution in [0.15, 0.2) is 36.4 Å². The zero-order valence-corrected chi connectivity index (χ0v) is 16.2. The van der Waals surface area contributed by atoms with Crippen LogP contribution in [0.1, 0.15) is 24.8 Å². The van der Waals surface area contributed by atoms with Crippen LogP contribution in [0.25, 0.3) is 0 Å². The Bertz CT molecular complexity index is 720. The SMILES string of the molecule is O=C(C[C@H]1C/C=C\C[C@H](Cc2ccc(F)cc2)C(=O)OCCNC1=O)NCCO. The van der Waals surface area contributed by atoms with Crippen LogP contribution in [0.2, 0.25) is 0 Å². The van der Waals surface area contributed by atoms with Crippen LogP contribution in [0, 0.1) is 17.7 Å². The van der Waals surface area contributed by atoms with E-state index in [4.69, 9.17) is 9.84 Å². The van der Waals surface area contributed by atoms with Crippen molar-refractivity contribution in [2.75, 3.05) is 26.3 Å². The van der Waals surface area contributed by atoms with Crippen molar-refractivity contribution in [2.45, 2.75) is 25.7 Å². The summed E-state index contributed by atoms with van der Waals surface area (Å²) in [5.74, 6) is -2.25. The van der Waals surface area contributed by atoms with Gasteiger partial charge in [-0.3, -0.25) is 14.4 Å². The Morgan fingerprint density at radius 1 is 1.17 bits per heavy atom. The summed E-state index contributed by atoms with van der Waals surface area (Å²) in [5.41, 5.74) is 0.834. The molecule has 1 aliphatic rings. The largest absolute Gasteiger partial charge is 0.464 e. The predicted octanol–water partition coefficient (Wildman–Crippen LogP) is 1.11. The number of rotatable bonds is 6. The molecule has 0 unspecified atom stereocenters. The van der Waals surface area contributed by atoms with Gasteiger partial charge >= 0.3 is 5.97 Å². The number of allylic oxidation sites excluding steroid dienone is 2. The first-order valence-corrected chi connectivity index (χ1v) is 9.71. The van der Waals surface area contributed by atoms with Crippen LogP contribution in [0.3, 0.4) is 0 Å². The van der Waals surface area contributed by atoms with E-state index >= 15 is 0 Å².